The number of likely N-dealkylation sites (N-methyl/N-ethyl adjacent to an activating group) is 1. The Hall–Kier alpha value is -1.22. The van der Waals surface area contributed by atoms with E-state index in [0.29, 0.717) is 18.7 Å². The summed E-state index contributed by atoms with van der Waals surface area (Å²) in [6.07, 6.45) is 3.58. The molecule has 18 heavy (non-hydrogen) atoms. The van der Waals surface area contributed by atoms with Crippen molar-refractivity contribution in [2.75, 3.05) is 18.6 Å². The Bertz CT molecular complexity index is 405. The van der Waals surface area contributed by atoms with Crippen molar-refractivity contribution in [1.82, 2.24) is 0 Å². The lowest BCUT2D eigenvalue weighted by atomic mass is 10.1. The van der Waals surface area contributed by atoms with Gasteiger partial charge in [0.25, 0.3) is 0 Å². The zero-order chi connectivity index (χ0) is 13.1. The number of rotatable bonds is 4. The highest BCUT2D eigenvalue weighted by molar-refractivity contribution is 5.53. The predicted octanol–water partition coefficient (Wildman–Crippen LogP) is 2.71. The van der Waals surface area contributed by atoms with Gasteiger partial charge in [-0.3, -0.25) is 0 Å². The zero-order valence-corrected chi connectivity index (χ0v) is 11.6. The van der Waals surface area contributed by atoms with Crippen molar-refractivity contribution < 1.29 is 4.74 Å². The van der Waals surface area contributed by atoms with Gasteiger partial charge in [-0.25, -0.2) is 0 Å². The van der Waals surface area contributed by atoms with Crippen molar-refractivity contribution in [1.29, 1.82) is 0 Å². The van der Waals surface area contributed by atoms with Crippen molar-refractivity contribution in [3.05, 3.63) is 23.8 Å². The minimum absolute atomic E-state index is 0.307. The molecule has 100 valence electrons. The van der Waals surface area contributed by atoms with Gasteiger partial charge in [0.1, 0.15) is 5.75 Å². The number of ether oxygens (including phenoxy) is 1. The van der Waals surface area contributed by atoms with Crippen LogP contribution in [0.1, 0.15) is 31.7 Å². The van der Waals surface area contributed by atoms with Crippen LogP contribution in [0.3, 0.4) is 0 Å². The van der Waals surface area contributed by atoms with Gasteiger partial charge in [0.05, 0.1) is 6.61 Å². The minimum atomic E-state index is 0.307. The smallest absolute Gasteiger partial charge is 0.122 e. The summed E-state index contributed by atoms with van der Waals surface area (Å²) in [6.45, 7) is 4.82. The summed E-state index contributed by atoms with van der Waals surface area (Å²) in [7, 11) is 2.14. The Morgan fingerprint density at radius 3 is 2.72 bits per heavy atom. The summed E-state index contributed by atoms with van der Waals surface area (Å²) < 4.78 is 5.57. The van der Waals surface area contributed by atoms with E-state index in [2.05, 4.69) is 37.1 Å². The normalized spacial score (nSPS) is 23.1. The molecule has 0 radical (unpaired) electrons. The largest absolute Gasteiger partial charge is 0.494 e. The van der Waals surface area contributed by atoms with Gasteiger partial charge >= 0.3 is 0 Å². The SMILES string of the molecule is CCOc1ccc(N(C)C2CCCC2N)cc1C. The van der Waals surface area contributed by atoms with E-state index >= 15 is 0 Å². The van der Waals surface area contributed by atoms with E-state index in [4.69, 9.17) is 10.5 Å². The number of nitrogens with zero attached hydrogens (tertiary/aromatic N) is 1. The second-order valence-corrected chi connectivity index (χ2v) is 5.16. The molecule has 1 aromatic rings. The number of nitrogens with two attached hydrogens (primary N) is 1. The van der Waals surface area contributed by atoms with Crippen LogP contribution in [-0.4, -0.2) is 25.7 Å². The Balaban J connectivity index is 2.15. The quantitative estimate of drug-likeness (QED) is 0.890. The summed E-state index contributed by atoms with van der Waals surface area (Å²) in [5.74, 6) is 0.977. The number of aryl methyl sites for hydroxylation is 1. The van der Waals surface area contributed by atoms with Crippen molar-refractivity contribution in [3.8, 4) is 5.75 Å². The molecule has 3 nitrogen and oxygen atoms in total. The van der Waals surface area contributed by atoms with Crippen LogP contribution in [0, 0.1) is 6.92 Å². The Labute approximate surface area is 110 Å². The molecule has 2 rings (SSSR count). The zero-order valence-electron chi connectivity index (χ0n) is 11.6. The molecule has 1 aliphatic rings. The molecule has 2 N–H and O–H groups in total. The van der Waals surface area contributed by atoms with E-state index in [0.717, 1.165) is 12.2 Å². The Kier molecular flexibility index (Phi) is 4.12. The lowest BCUT2D eigenvalue weighted by Crippen LogP contribution is -2.42. The van der Waals surface area contributed by atoms with Crippen LogP contribution in [0.2, 0.25) is 0 Å². The monoisotopic (exact) mass is 248 g/mol. The van der Waals surface area contributed by atoms with Gasteiger partial charge < -0.3 is 15.4 Å². The fourth-order valence-electron chi connectivity index (χ4n) is 2.81. The maximum absolute atomic E-state index is 6.17. The van der Waals surface area contributed by atoms with Gasteiger partial charge in [0.15, 0.2) is 0 Å². The van der Waals surface area contributed by atoms with Gasteiger partial charge in [-0.2, -0.15) is 0 Å². The van der Waals surface area contributed by atoms with Gasteiger partial charge in [0.2, 0.25) is 0 Å². The molecule has 1 fully saturated rings. The van der Waals surface area contributed by atoms with Gasteiger partial charge in [-0.15, -0.1) is 0 Å². The highest BCUT2D eigenvalue weighted by atomic mass is 16.5. The summed E-state index contributed by atoms with van der Waals surface area (Å²) in [5.41, 5.74) is 8.59. The summed E-state index contributed by atoms with van der Waals surface area (Å²) in [6, 6.07) is 7.16. The Morgan fingerprint density at radius 2 is 2.17 bits per heavy atom. The fraction of sp³-hybridized carbons (Fsp3) is 0.600. The maximum atomic E-state index is 6.17. The van der Waals surface area contributed by atoms with Crippen molar-refractivity contribution in [2.24, 2.45) is 5.73 Å². The first-order valence-electron chi connectivity index (χ1n) is 6.85. The summed E-state index contributed by atoms with van der Waals surface area (Å²) in [4.78, 5) is 2.32. The molecular formula is C15H24N2O. The molecule has 2 atom stereocenters. The number of benzene rings is 1. The molecule has 0 aliphatic heterocycles. The summed E-state index contributed by atoms with van der Waals surface area (Å²) >= 11 is 0. The molecule has 0 bridgehead atoms. The van der Waals surface area contributed by atoms with E-state index in [-0.39, 0.29) is 0 Å². The van der Waals surface area contributed by atoms with Gasteiger partial charge in [-0.1, -0.05) is 0 Å². The number of anilines is 1. The molecule has 3 heteroatoms. The van der Waals surface area contributed by atoms with Crippen molar-refractivity contribution in [3.63, 3.8) is 0 Å². The second-order valence-electron chi connectivity index (χ2n) is 5.16. The molecular weight excluding hydrogens is 224 g/mol. The fourth-order valence-corrected chi connectivity index (χ4v) is 2.81. The first kappa shape index (κ1) is 13.2. The molecule has 1 saturated carbocycles. The molecule has 0 amide bonds. The predicted molar refractivity (Wildman–Crippen MR) is 76.4 cm³/mol. The van der Waals surface area contributed by atoms with E-state index in [1.54, 1.807) is 0 Å². The van der Waals surface area contributed by atoms with Crippen LogP contribution in [-0.2, 0) is 0 Å². The topological polar surface area (TPSA) is 38.5 Å². The van der Waals surface area contributed by atoms with Gasteiger partial charge in [-0.05, 0) is 56.9 Å². The molecule has 0 saturated heterocycles. The first-order valence-corrected chi connectivity index (χ1v) is 6.85. The van der Waals surface area contributed by atoms with Crippen LogP contribution in [0.5, 0.6) is 5.75 Å². The van der Waals surface area contributed by atoms with Crippen LogP contribution >= 0.6 is 0 Å². The lowest BCUT2D eigenvalue weighted by Gasteiger charge is -2.30. The van der Waals surface area contributed by atoms with Gasteiger partial charge in [0, 0.05) is 24.8 Å². The minimum Gasteiger partial charge on any atom is -0.494 e. The van der Waals surface area contributed by atoms with Crippen molar-refractivity contribution >= 4 is 5.69 Å². The van der Waals surface area contributed by atoms with Crippen LogP contribution in [0.25, 0.3) is 0 Å². The molecule has 0 heterocycles. The van der Waals surface area contributed by atoms with E-state index < -0.39 is 0 Å². The highest BCUT2D eigenvalue weighted by Gasteiger charge is 2.27. The third-order valence-electron chi connectivity index (χ3n) is 3.89. The van der Waals surface area contributed by atoms with Crippen LogP contribution in [0.15, 0.2) is 18.2 Å². The Morgan fingerprint density at radius 1 is 1.39 bits per heavy atom. The third-order valence-corrected chi connectivity index (χ3v) is 3.89. The van der Waals surface area contributed by atoms with E-state index in [9.17, 15) is 0 Å². The average Bonchev–Trinajstić information content (AvgIpc) is 2.77. The molecule has 0 aromatic heterocycles. The standard InChI is InChI=1S/C15H24N2O/c1-4-18-15-9-8-12(10-11(15)2)17(3)14-7-5-6-13(14)16/h8-10,13-14H,4-7,16H2,1-3H3. The molecule has 1 aromatic carbocycles. The summed E-state index contributed by atoms with van der Waals surface area (Å²) in [5, 5.41) is 0. The van der Waals surface area contributed by atoms with Crippen molar-refractivity contribution in [2.45, 2.75) is 45.2 Å². The lowest BCUT2D eigenvalue weighted by molar-refractivity contribution is 0.338. The average molecular weight is 248 g/mol. The highest BCUT2D eigenvalue weighted by Crippen LogP contribution is 2.29. The van der Waals surface area contributed by atoms with Crippen LogP contribution in [0.4, 0.5) is 5.69 Å². The number of hydrogen-bond acceptors (Lipinski definition) is 3. The van der Waals surface area contributed by atoms with E-state index in [1.807, 2.05) is 6.92 Å². The molecule has 2 unspecified atom stereocenters. The maximum Gasteiger partial charge on any atom is 0.122 e. The van der Waals surface area contributed by atoms with Crippen LogP contribution < -0.4 is 15.4 Å². The number of hydrogen-bond donors (Lipinski definition) is 1. The second kappa shape index (κ2) is 5.61. The molecule has 0 spiro atoms. The molecule has 1 aliphatic carbocycles. The van der Waals surface area contributed by atoms with E-state index in [1.165, 1.54) is 24.1 Å². The third kappa shape index (κ3) is 2.61. The first-order chi connectivity index (χ1) is 8.63.